The molecular weight excluding hydrogens is 274 g/mol. The molecule has 0 unspecified atom stereocenters. The van der Waals surface area contributed by atoms with Crippen molar-refractivity contribution in [3.63, 3.8) is 0 Å². The summed E-state index contributed by atoms with van der Waals surface area (Å²) in [5.41, 5.74) is 0. The maximum absolute atomic E-state index is 11.9. The van der Waals surface area contributed by atoms with Crippen LogP contribution in [0.5, 0.6) is 0 Å². The lowest BCUT2D eigenvalue weighted by molar-refractivity contribution is -0.153. The minimum absolute atomic E-state index is 0.0448. The summed E-state index contributed by atoms with van der Waals surface area (Å²) in [6.45, 7) is 0.585. The highest BCUT2D eigenvalue weighted by atomic mass is 16.6. The standard InChI is InChI=1S/C15H23NO5/c17-10-13(21-15(19)16-8-4-5-9-16)11-20-14(18)12-6-2-1-3-7-12/h4-5,12-13,17H,1-3,6-11H2/t13-/m1/s1. The molecule has 1 amide bonds. The van der Waals surface area contributed by atoms with Crippen LogP contribution in [0.1, 0.15) is 32.1 Å². The number of esters is 1. The van der Waals surface area contributed by atoms with Gasteiger partial charge in [-0.25, -0.2) is 4.79 Å². The van der Waals surface area contributed by atoms with Gasteiger partial charge in [-0.2, -0.15) is 0 Å². The van der Waals surface area contributed by atoms with Crippen molar-refractivity contribution < 1.29 is 24.2 Å². The number of carbonyl (C=O) groups excluding carboxylic acids is 2. The van der Waals surface area contributed by atoms with Crippen molar-refractivity contribution in [3.8, 4) is 0 Å². The maximum Gasteiger partial charge on any atom is 0.410 e. The minimum Gasteiger partial charge on any atom is -0.461 e. The van der Waals surface area contributed by atoms with Gasteiger partial charge in [0.2, 0.25) is 0 Å². The zero-order valence-corrected chi connectivity index (χ0v) is 12.2. The van der Waals surface area contributed by atoms with Crippen LogP contribution in [0.15, 0.2) is 12.2 Å². The Morgan fingerprint density at radius 3 is 2.48 bits per heavy atom. The third-order valence-corrected chi connectivity index (χ3v) is 3.90. The summed E-state index contributed by atoms with van der Waals surface area (Å²) in [5, 5.41) is 9.24. The first-order valence-electron chi connectivity index (χ1n) is 7.58. The summed E-state index contributed by atoms with van der Waals surface area (Å²) in [6.07, 6.45) is 7.46. The molecule has 0 aromatic carbocycles. The first-order valence-corrected chi connectivity index (χ1v) is 7.58. The number of ether oxygens (including phenoxy) is 2. The van der Waals surface area contributed by atoms with Crippen LogP contribution in [-0.4, -0.2) is 54.5 Å². The Kier molecular flexibility index (Phi) is 6.04. The van der Waals surface area contributed by atoms with Gasteiger partial charge in [0.25, 0.3) is 0 Å². The van der Waals surface area contributed by atoms with Crippen molar-refractivity contribution in [3.05, 3.63) is 12.2 Å². The Hall–Kier alpha value is -1.56. The molecule has 1 heterocycles. The first kappa shape index (κ1) is 15.8. The molecule has 1 aliphatic heterocycles. The van der Waals surface area contributed by atoms with Gasteiger partial charge in [-0.05, 0) is 12.8 Å². The average molecular weight is 297 g/mol. The van der Waals surface area contributed by atoms with E-state index in [2.05, 4.69) is 0 Å². The highest BCUT2D eigenvalue weighted by Gasteiger charge is 2.25. The summed E-state index contributed by atoms with van der Waals surface area (Å²) < 4.78 is 10.3. The third-order valence-electron chi connectivity index (χ3n) is 3.90. The van der Waals surface area contributed by atoms with E-state index in [1.54, 1.807) is 0 Å². The quantitative estimate of drug-likeness (QED) is 0.614. The molecule has 1 aliphatic carbocycles. The van der Waals surface area contributed by atoms with Crippen LogP contribution >= 0.6 is 0 Å². The second kappa shape index (κ2) is 8.02. The van der Waals surface area contributed by atoms with Crippen molar-refractivity contribution >= 4 is 12.1 Å². The monoisotopic (exact) mass is 297 g/mol. The van der Waals surface area contributed by atoms with Crippen LogP contribution in [0.2, 0.25) is 0 Å². The van der Waals surface area contributed by atoms with Gasteiger partial charge in [-0.3, -0.25) is 4.79 Å². The molecule has 21 heavy (non-hydrogen) atoms. The lowest BCUT2D eigenvalue weighted by Gasteiger charge is -2.23. The van der Waals surface area contributed by atoms with Crippen molar-refractivity contribution in [1.82, 2.24) is 4.90 Å². The molecule has 2 aliphatic rings. The topological polar surface area (TPSA) is 76.1 Å². The zero-order valence-electron chi connectivity index (χ0n) is 12.2. The van der Waals surface area contributed by atoms with Gasteiger partial charge in [0, 0.05) is 13.1 Å². The molecule has 1 saturated carbocycles. The second-order valence-electron chi connectivity index (χ2n) is 5.53. The molecule has 6 nitrogen and oxygen atoms in total. The maximum atomic E-state index is 11.9. The van der Waals surface area contributed by atoms with Crippen LogP contribution in [0.3, 0.4) is 0 Å². The fourth-order valence-corrected chi connectivity index (χ4v) is 2.60. The Balaban J connectivity index is 1.71. The van der Waals surface area contributed by atoms with Crippen LogP contribution in [0.25, 0.3) is 0 Å². The van der Waals surface area contributed by atoms with Crippen molar-refractivity contribution in [2.75, 3.05) is 26.3 Å². The molecule has 0 aromatic heterocycles. The Labute approximate surface area is 124 Å². The lowest BCUT2D eigenvalue weighted by Crippen LogP contribution is -2.36. The van der Waals surface area contributed by atoms with E-state index in [0.717, 1.165) is 25.7 Å². The average Bonchev–Trinajstić information content (AvgIpc) is 3.06. The normalized spacial score (nSPS) is 20.3. The molecule has 1 N–H and O–H groups in total. The number of hydrogen-bond donors (Lipinski definition) is 1. The van der Waals surface area contributed by atoms with Gasteiger partial charge in [0.15, 0.2) is 6.10 Å². The van der Waals surface area contributed by atoms with E-state index in [1.165, 1.54) is 11.3 Å². The molecule has 1 fully saturated rings. The van der Waals surface area contributed by atoms with E-state index in [4.69, 9.17) is 9.47 Å². The number of nitrogens with zero attached hydrogens (tertiary/aromatic N) is 1. The van der Waals surface area contributed by atoms with Gasteiger partial charge in [-0.15, -0.1) is 0 Å². The lowest BCUT2D eigenvalue weighted by atomic mass is 9.89. The fraction of sp³-hybridized carbons (Fsp3) is 0.733. The van der Waals surface area contributed by atoms with Gasteiger partial charge in [-0.1, -0.05) is 31.4 Å². The Bertz CT molecular complexity index is 382. The smallest absolute Gasteiger partial charge is 0.410 e. The predicted octanol–water partition coefficient (Wildman–Crippen LogP) is 1.48. The van der Waals surface area contributed by atoms with Gasteiger partial charge in [0.1, 0.15) is 6.61 Å². The van der Waals surface area contributed by atoms with E-state index in [9.17, 15) is 14.7 Å². The van der Waals surface area contributed by atoms with E-state index in [1.807, 2.05) is 12.2 Å². The summed E-state index contributed by atoms with van der Waals surface area (Å²) >= 11 is 0. The van der Waals surface area contributed by atoms with Crippen LogP contribution in [0.4, 0.5) is 4.79 Å². The summed E-state index contributed by atoms with van der Waals surface area (Å²) in [5.74, 6) is -0.288. The number of aliphatic hydroxyl groups is 1. The molecule has 118 valence electrons. The van der Waals surface area contributed by atoms with Gasteiger partial charge < -0.3 is 19.5 Å². The van der Waals surface area contributed by atoms with Crippen LogP contribution in [0, 0.1) is 5.92 Å². The second-order valence-corrected chi connectivity index (χ2v) is 5.53. The van der Waals surface area contributed by atoms with E-state index < -0.39 is 12.2 Å². The van der Waals surface area contributed by atoms with Crippen molar-refractivity contribution in [1.29, 1.82) is 0 Å². The zero-order chi connectivity index (χ0) is 15.1. The molecule has 0 spiro atoms. The molecule has 2 rings (SSSR count). The number of amides is 1. The SMILES string of the molecule is O=C(OC[C@@H](CO)OC(=O)N1CC=CC1)C1CCCCC1. The van der Waals surface area contributed by atoms with Crippen LogP contribution < -0.4 is 0 Å². The molecular formula is C15H23NO5. The first-order chi connectivity index (χ1) is 10.2. The molecule has 6 heteroatoms. The number of carbonyl (C=O) groups is 2. The largest absolute Gasteiger partial charge is 0.461 e. The molecule has 1 atom stereocenters. The van der Waals surface area contributed by atoms with Crippen LogP contribution in [-0.2, 0) is 14.3 Å². The van der Waals surface area contributed by atoms with E-state index in [0.29, 0.717) is 13.1 Å². The highest BCUT2D eigenvalue weighted by Crippen LogP contribution is 2.24. The summed E-state index contributed by atoms with van der Waals surface area (Å²) in [6, 6.07) is 0. The Morgan fingerprint density at radius 2 is 1.86 bits per heavy atom. The summed E-state index contributed by atoms with van der Waals surface area (Å²) in [7, 11) is 0. The Morgan fingerprint density at radius 1 is 1.19 bits per heavy atom. The number of rotatable bonds is 5. The van der Waals surface area contributed by atoms with Crippen molar-refractivity contribution in [2.45, 2.75) is 38.2 Å². The highest BCUT2D eigenvalue weighted by molar-refractivity contribution is 5.72. The predicted molar refractivity (Wildman–Crippen MR) is 75.6 cm³/mol. The minimum atomic E-state index is -0.800. The number of aliphatic hydroxyl groups excluding tert-OH is 1. The third kappa shape index (κ3) is 4.74. The van der Waals surface area contributed by atoms with Gasteiger partial charge >= 0.3 is 12.1 Å². The van der Waals surface area contributed by atoms with E-state index >= 15 is 0 Å². The summed E-state index contributed by atoms with van der Waals surface area (Å²) in [4.78, 5) is 25.2. The molecule has 0 saturated heterocycles. The van der Waals surface area contributed by atoms with Crippen molar-refractivity contribution in [2.24, 2.45) is 5.92 Å². The number of hydrogen-bond acceptors (Lipinski definition) is 5. The molecule has 0 aromatic rings. The van der Waals surface area contributed by atoms with E-state index in [-0.39, 0.29) is 25.1 Å². The molecule has 0 bridgehead atoms. The van der Waals surface area contributed by atoms with Gasteiger partial charge in [0.05, 0.1) is 12.5 Å². The fourth-order valence-electron chi connectivity index (χ4n) is 2.60. The molecule has 0 radical (unpaired) electrons.